The number of aromatic nitrogens is 1. The van der Waals surface area contributed by atoms with Crippen LogP contribution in [-0.4, -0.2) is 17.1 Å². The molecule has 0 spiro atoms. The van der Waals surface area contributed by atoms with Crippen LogP contribution in [-0.2, 0) is 16.1 Å². The molecule has 1 aliphatic heterocycles. The third-order valence-corrected chi connectivity index (χ3v) is 7.66. The van der Waals surface area contributed by atoms with Crippen LogP contribution in [0.2, 0.25) is 0 Å². The number of thiazole rings is 1. The average molecular weight is 517 g/mol. The lowest BCUT2D eigenvalue weighted by Gasteiger charge is -2.23. The van der Waals surface area contributed by atoms with Crippen molar-refractivity contribution < 1.29 is 14.3 Å². The molecule has 0 saturated carbocycles. The molecule has 0 N–H and O–H groups in total. The molecule has 0 fully saturated rings. The lowest BCUT2D eigenvalue weighted by molar-refractivity contribution is -0.139. The molecule has 6 nitrogen and oxygen atoms in total. The second-order valence-electron chi connectivity index (χ2n) is 8.16. The zero-order valence-electron chi connectivity index (χ0n) is 19.8. The van der Waals surface area contributed by atoms with Crippen molar-refractivity contribution in [3.8, 4) is 5.75 Å². The Balaban J connectivity index is 1.48. The predicted octanol–water partition coefficient (Wildman–Crippen LogP) is 4.44. The molecule has 4 aromatic rings. The zero-order valence-corrected chi connectivity index (χ0v) is 21.5. The highest BCUT2D eigenvalue weighted by Gasteiger charge is 2.33. The summed E-state index contributed by atoms with van der Waals surface area (Å²) in [4.78, 5) is 32.5. The van der Waals surface area contributed by atoms with Gasteiger partial charge in [-0.2, -0.15) is 0 Å². The van der Waals surface area contributed by atoms with E-state index in [0.29, 0.717) is 27.2 Å². The third kappa shape index (κ3) is 4.82. The van der Waals surface area contributed by atoms with Crippen molar-refractivity contribution in [1.29, 1.82) is 0 Å². The second kappa shape index (κ2) is 10.5. The summed E-state index contributed by atoms with van der Waals surface area (Å²) < 4.78 is 13.3. The molecule has 2 aromatic carbocycles. The molecule has 1 aliphatic rings. The molecule has 0 bridgehead atoms. The fourth-order valence-electron chi connectivity index (χ4n) is 4.06. The number of rotatable bonds is 7. The summed E-state index contributed by atoms with van der Waals surface area (Å²) in [5, 5.41) is 1.94. The molecule has 0 radical (unpaired) electrons. The first-order chi connectivity index (χ1) is 17.5. The topological polar surface area (TPSA) is 69.9 Å². The Morgan fingerprint density at radius 1 is 1.08 bits per heavy atom. The minimum absolute atomic E-state index is 0.184. The van der Waals surface area contributed by atoms with Gasteiger partial charge in [0.15, 0.2) is 4.80 Å². The molecular formula is C28H24N2O4S2. The van der Waals surface area contributed by atoms with E-state index in [-0.39, 0.29) is 12.2 Å². The average Bonchev–Trinajstić information content (AvgIpc) is 3.52. The Morgan fingerprint density at radius 2 is 1.86 bits per heavy atom. The maximum Gasteiger partial charge on any atom is 0.338 e. The lowest BCUT2D eigenvalue weighted by Crippen LogP contribution is -2.39. The monoisotopic (exact) mass is 516 g/mol. The van der Waals surface area contributed by atoms with Crippen LogP contribution in [0.25, 0.3) is 6.08 Å². The van der Waals surface area contributed by atoms with Crippen LogP contribution in [0.5, 0.6) is 5.75 Å². The summed E-state index contributed by atoms with van der Waals surface area (Å²) in [5.41, 5.74) is 2.76. The van der Waals surface area contributed by atoms with Gasteiger partial charge in [-0.15, -0.1) is 11.3 Å². The van der Waals surface area contributed by atoms with Crippen LogP contribution in [0.15, 0.2) is 93.2 Å². The smallest absolute Gasteiger partial charge is 0.338 e. The van der Waals surface area contributed by atoms with E-state index in [2.05, 4.69) is 4.99 Å². The number of ether oxygens (including phenoxy) is 2. The number of thiophene rings is 1. The van der Waals surface area contributed by atoms with Crippen molar-refractivity contribution in [3.05, 3.63) is 119 Å². The summed E-state index contributed by atoms with van der Waals surface area (Å²) in [6, 6.07) is 20.9. The van der Waals surface area contributed by atoms with Crippen molar-refractivity contribution >= 4 is 34.7 Å². The van der Waals surface area contributed by atoms with Gasteiger partial charge in [0.05, 0.1) is 22.4 Å². The number of hydrogen-bond donors (Lipinski definition) is 0. The molecule has 5 rings (SSSR count). The van der Waals surface area contributed by atoms with Gasteiger partial charge >= 0.3 is 5.97 Å². The Labute approximate surface area is 216 Å². The van der Waals surface area contributed by atoms with Crippen LogP contribution in [0.4, 0.5) is 0 Å². The SMILES string of the molecule is CCOC(=O)C1=C(C)N=c2s/c(=C\c3ccc(OCc4ccccc4)cc3)c(=O)n2C1c1cccs1. The Bertz CT molecular complexity index is 1580. The standard InChI is InChI=1S/C28H24N2O4S2/c1-3-33-27(32)24-18(2)29-28-30(25(24)22-10-7-15-35-22)26(31)23(36-28)16-19-11-13-21(14-12-19)34-17-20-8-5-4-6-9-20/h4-16,25H,3,17H2,1-2H3/b23-16-. The number of allylic oxidation sites excluding steroid dienone is 1. The van der Waals surface area contributed by atoms with E-state index in [1.54, 1.807) is 18.4 Å². The molecular weight excluding hydrogens is 492 g/mol. The Morgan fingerprint density at radius 3 is 2.56 bits per heavy atom. The van der Waals surface area contributed by atoms with Gasteiger partial charge in [-0.05, 0) is 54.6 Å². The summed E-state index contributed by atoms with van der Waals surface area (Å²) in [6.45, 7) is 4.30. The molecule has 182 valence electrons. The lowest BCUT2D eigenvalue weighted by atomic mass is 10.0. The van der Waals surface area contributed by atoms with Crippen molar-refractivity contribution in [2.45, 2.75) is 26.5 Å². The maximum atomic E-state index is 13.6. The third-order valence-electron chi connectivity index (χ3n) is 5.76. The molecule has 36 heavy (non-hydrogen) atoms. The van der Waals surface area contributed by atoms with E-state index in [1.807, 2.05) is 78.2 Å². The van der Waals surface area contributed by atoms with Gasteiger partial charge in [-0.25, -0.2) is 9.79 Å². The van der Waals surface area contributed by atoms with Gasteiger partial charge in [0.25, 0.3) is 5.56 Å². The number of hydrogen-bond acceptors (Lipinski definition) is 7. The number of fused-ring (bicyclic) bond motifs is 1. The first-order valence-corrected chi connectivity index (χ1v) is 13.2. The highest BCUT2D eigenvalue weighted by molar-refractivity contribution is 7.10. The van der Waals surface area contributed by atoms with Crippen LogP contribution in [0.1, 0.15) is 35.9 Å². The van der Waals surface area contributed by atoms with Crippen molar-refractivity contribution in [3.63, 3.8) is 0 Å². The van der Waals surface area contributed by atoms with Crippen LogP contribution < -0.4 is 19.6 Å². The summed E-state index contributed by atoms with van der Waals surface area (Å²) in [7, 11) is 0. The van der Waals surface area contributed by atoms with Crippen LogP contribution >= 0.6 is 22.7 Å². The van der Waals surface area contributed by atoms with Gasteiger partial charge in [-0.3, -0.25) is 9.36 Å². The fraction of sp³-hybridized carbons (Fsp3) is 0.179. The highest BCUT2D eigenvalue weighted by Crippen LogP contribution is 2.33. The minimum Gasteiger partial charge on any atom is -0.489 e. The zero-order chi connectivity index (χ0) is 25.1. The van der Waals surface area contributed by atoms with E-state index >= 15 is 0 Å². The van der Waals surface area contributed by atoms with E-state index in [4.69, 9.17) is 9.47 Å². The first-order valence-electron chi connectivity index (χ1n) is 11.5. The number of benzene rings is 2. The van der Waals surface area contributed by atoms with E-state index in [0.717, 1.165) is 21.8 Å². The summed E-state index contributed by atoms with van der Waals surface area (Å²) in [5.74, 6) is 0.308. The number of nitrogens with zero attached hydrogens (tertiary/aromatic N) is 2. The van der Waals surface area contributed by atoms with Crippen LogP contribution in [0, 0.1) is 0 Å². The van der Waals surface area contributed by atoms with E-state index in [1.165, 1.54) is 22.7 Å². The van der Waals surface area contributed by atoms with E-state index < -0.39 is 12.0 Å². The summed E-state index contributed by atoms with van der Waals surface area (Å²) >= 11 is 2.81. The highest BCUT2D eigenvalue weighted by atomic mass is 32.1. The van der Waals surface area contributed by atoms with Gasteiger partial charge in [0.2, 0.25) is 0 Å². The quantitative estimate of drug-likeness (QED) is 0.341. The predicted molar refractivity (Wildman–Crippen MR) is 142 cm³/mol. The fourth-order valence-corrected chi connectivity index (χ4v) is 5.93. The van der Waals surface area contributed by atoms with Crippen molar-refractivity contribution in [2.75, 3.05) is 6.61 Å². The molecule has 1 unspecified atom stereocenters. The Kier molecular flexibility index (Phi) is 6.97. The number of esters is 1. The molecule has 2 aromatic heterocycles. The number of carbonyl (C=O) groups is 1. The maximum absolute atomic E-state index is 13.6. The van der Waals surface area contributed by atoms with Crippen LogP contribution in [0.3, 0.4) is 0 Å². The molecule has 1 atom stereocenters. The van der Waals surface area contributed by atoms with E-state index in [9.17, 15) is 9.59 Å². The van der Waals surface area contributed by atoms with Crippen molar-refractivity contribution in [1.82, 2.24) is 4.57 Å². The molecule has 0 amide bonds. The number of carbonyl (C=O) groups excluding carboxylic acids is 1. The molecule has 8 heteroatoms. The van der Waals surface area contributed by atoms with Gasteiger partial charge < -0.3 is 9.47 Å². The molecule has 0 aliphatic carbocycles. The van der Waals surface area contributed by atoms with Crippen molar-refractivity contribution in [2.24, 2.45) is 4.99 Å². The largest absolute Gasteiger partial charge is 0.489 e. The minimum atomic E-state index is -0.559. The Hall–Kier alpha value is -3.75. The summed E-state index contributed by atoms with van der Waals surface area (Å²) in [6.07, 6.45) is 1.85. The second-order valence-corrected chi connectivity index (χ2v) is 10.1. The first kappa shape index (κ1) is 24.0. The van der Waals surface area contributed by atoms with Gasteiger partial charge in [-0.1, -0.05) is 59.9 Å². The molecule has 0 saturated heterocycles. The molecule has 3 heterocycles. The van der Waals surface area contributed by atoms with Gasteiger partial charge in [0, 0.05) is 4.88 Å². The van der Waals surface area contributed by atoms with Gasteiger partial charge in [0.1, 0.15) is 18.4 Å². The normalized spacial score (nSPS) is 15.4.